The van der Waals surface area contributed by atoms with Crippen molar-refractivity contribution in [3.8, 4) is 6.07 Å². The summed E-state index contributed by atoms with van der Waals surface area (Å²) in [6, 6.07) is 19.8. The monoisotopic (exact) mass is 294 g/mol. The van der Waals surface area contributed by atoms with Gasteiger partial charge in [0.1, 0.15) is 6.04 Å². The molecule has 0 bridgehead atoms. The van der Waals surface area contributed by atoms with Crippen LogP contribution in [0.15, 0.2) is 54.6 Å². The van der Waals surface area contributed by atoms with E-state index in [9.17, 15) is 4.79 Å². The molecule has 0 radical (unpaired) electrons. The molecule has 0 spiro atoms. The molecule has 3 N–H and O–H groups in total. The van der Waals surface area contributed by atoms with Crippen LogP contribution in [0, 0.1) is 11.3 Å². The SMILES string of the molecule is C[C@H]([NH2+]CC(=O)Nc1ccc(CC#N)cc1)c1ccccc1. The minimum absolute atomic E-state index is 0.0317. The second kappa shape index (κ2) is 7.96. The number of nitrogens with two attached hydrogens (primary N) is 1. The molecule has 4 heteroatoms. The Labute approximate surface area is 130 Å². The van der Waals surface area contributed by atoms with Gasteiger partial charge in [0.25, 0.3) is 5.91 Å². The smallest absolute Gasteiger partial charge is 0.279 e. The first-order valence-electron chi connectivity index (χ1n) is 7.33. The summed E-state index contributed by atoms with van der Waals surface area (Å²) >= 11 is 0. The fourth-order valence-corrected chi connectivity index (χ4v) is 2.19. The highest BCUT2D eigenvalue weighted by Gasteiger charge is 2.11. The van der Waals surface area contributed by atoms with Crippen LogP contribution >= 0.6 is 0 Å². The summed E-state index contributed by atoms with van der Waals surface area (Å²) in [7, 11) is 0. The van der Waals surface area contributed by atoms with Crippen molar-refractivity contribution in [1.29, 1.82) is 5.26 Å². The molecule has 0 aliphatic rings. The van der Waals surface area contributed by atoms with Gasteiger partial charge in [-0.1, -0.05) is 42.5 Å². The van der Waals surface area contributed by atoms with Gasteiger partial charge >= 0.3 is 0 Å². The molecule has 2 aromatic carbocycles. The van der Waals surface area contributed by atoms with E-state index in [0.29, 0.717) is 13.0 Å². The zero-order valence-electron chi connectivity index (χ0n) is 12.6. The fourth-order valence-electron chi connectivity index (χ4n) is 2.19. The number of quaternary nitrogens is 1. The number of benzene rings is 2. The minimum Gasteiger partial charge on any atom is -0.333 e. The van der Waals surface area contributed by atoms with Crippen LogP contribution in [-0.4, -0.2) is 12.5 Å². The molecule has 1 atom stereocenters. The number of hydrogen-bond acceptors (Lipinski definition) is 2. The highest BCUT2D eigenvalue weighted by atomic mass is 16.1. The zero-order valence-corrected chi connectivity index (χ0v) is 12.6. The molecule has 0 fully saturated rings. The molecule has 0 heterocycles. The lowest BCUT2D eigenvalue weighted by atomic mass is 10.1. The average molecular weight is 294 g/mol. The number of nitrogens with one attached hydrogen (secondary N) is 1. The highest BCUT2D eigenvalue weighted by molar-refractivity contribution is 5.91. The van der Waals surface area contributed by atoms with E-state index in [1.165, 1.54) is 5.56 Å². The van der Waals surface area contributed by atoms with Crippen LogP contribution in [0.4, 0.5) is 5.69 Å². The zero-order chi connectivity index (χ0) is 15.8. The first-order chi connectivity index (χ1) is 10.7. The third kappa shape index (κ3) is 4.72. The number of hydrogen-bond donors (Lipinski definition) is 2. The maximum absolute atomic E-state index is 12.0. The van der Waals surface area contributed by atoms with Crippen molar-refractivity contribution in [1.82, 2.24) is 0 Å². The van der Waals surface area contributed by atoms with Gasteiger partial charge in [-0.2, -0.15) is 5.26 Å². The lowest BCUT2D eigenvalue weighted by Gasteiger charge is -2.11. The molecule has 4 nitrogen and oxygen atoms in total. The quantitative estimate of drug-likeness (QED) is 0.855. The number of rotatable bonds is 6. The molecule has 0 aliphatic heterocycles. The van der Waals surface area contributed by atoms with E-state index in [0.717, 1.165) is 11.3 Å². The Balaban J connectivity index is 1.81. The van der Waals surface area contributed by atoms with Crippen LogP contribution in [0.5, 0.6) is 0 Å². The minimum atomic E-state index is -0.0317. The Morgan fingerprint density at radius 3 is 2.50 bits per heavy atom. The average Bonchev–Trinajstić information content (AvgIpc) is 2.55. The Bertz CT molecular complexity index is 644. The van der Waals surface area contributed by atoms with Gasteiger partial charge in [-0.15, -0.1) is 0 Å². The highest BCUT2D eigenvalue weighted by Crippen LogP contribution is 2.09. The van der Waals surface area contributed by atoms with Gasteiger partial charge in [0.15, 0.2) is 6.54 Å². The van der Waals surface area contributed by atoms with E-state index in [4.69, 9.17) is 5.26 Å². The molecule has 0 saturated heterocycles. The second-order valence-corrected chi connectivity index (χ2v) is 5.22. The predicted octanol–water partition coefficient (Wildman–Crippen LogP) is 2.02. The summed E-state index contributed by atoms with van der Waals surface area (Å²) in [5.74, 6) is -0.0317. The van der Waals surface area contributed by atoms with E-state index in [1.54, 1.807) is 0 Å². The maximum Gasteiger partial charge on any atom is 0.279 e. The molecule has 0 unspecified atom stereocenters. The Kier molecular flexibility index (Phi) is 5.70. The van der Waals surface area contributed by atoms with Gasteiger partial charge in [0.2, 0.25) is 0 Å². The standard InChI is InChI=1S/C18H19N3O/c1-14(16-5-3-2-4-6-16)20-13-18(22)21-17-9-7-15(8-10-17)11-12-19/h2-10,14,20H,11,13H2,1H3,(H,21,22)/p+1/t14-/m0/s1. The third-order valence-corrected chi connectivity index (χ3v) is 3.50. The Morgan fingerprint density at radius 1 is 1.18 bits per heavy atom. The molecule has 1 amide bonds. The molecule has 0 saturated carbocycles. The molecule has 112 valence electrons. The topological polar surface area (TPSA) is 69.5 Å². The largest absolute Gasteiger partial charge is 0.333 e. The molecule has 0 aliphatic carbocycles. The van der Waals surface area contributed by atoms with Gasteiger partial charge in [0.05, 0.1) is 12.5 Å². The van der Waals surface area contributed by atoms with Crippen molar-refractivity contribution in [3.63, 3.8) is 0 Å². The lowest BCUT2D eigenvalue weighted by Crippen LogP contribution is -2.86. The second-order valence-electron chi connectivity index (χ2n) is 5.22. The van der Waals surface area contributed by atoms with Crippen LogP contribution in [0.1, 0.15) is 24.1 Å². The maximum atomic E-state index is 12.0. The van der Waals surface area contributed by atoms with Crippen molar-refractivity contribution in [2.45, 2.75) is 19.4 Å². The summed E-state index contributed by atoms with van der Waals surface area (Å²) in [6.07, 6.45) is 0.386. The van der Waals surface area contributed by atoms with Crippen molar-refractivity contribution < 1.29 is 10.1 Å². The molecule has 0 aromatic heterocycles. The number of anilines is 1. The van der Waals surface area contributed by atoms with Crippen LogP contribution < -0.4 is 10.6 Å². The number of nitrogens with zero attached hydrogens (tertiary/aromatic N) is 1. The molecule has 2 aromatic rings. The van der Waals surface area contributed by atoms with Crippen LogP contribution in [0.25, 0.3) is 0 Å². The van der Waals surface area contributed by atoms with Crippen LogP contribution in [-0.2, 0) is 11.2 Å². The van der Waals surface area contributed by atoms with E-state index >= 15 is 0 Å². The summed E-state index contributed by atoms with van der Waals surface area (Å²) in [5.41, 5.74) is 2.91. The molecular weight excluding hydrogens is 274 g/mol. The fraction of sp³-hybridized carbons (Fsp3) is 0.222. The number of amides is 1. The van der Waals surface area contributed by atoms with Crippen molar-refractivity contribution >= 4 is 11.6 Å². The van der Waals surface area contributed by atoms with Gasteiger partial charge in [-0.05, 0) is 24.6 Å². The van der Waals surface area contributed by atoms with Gasteiger partial charge in [-0.3, -0.25) is 4.79 Å². The Hall–Kier alpha value is -2.64. The van der Waals surface area contributed by atoms with Gasteiger partial charge in [0, 0.05) is 11.3 Å². The van der Waals surface area contributed by atoms with E-state index in [1.807, 2.05) is 47.8 Å². The molecular formula is C18H20N3O+. The normalized spacial score (nSPS) is 11.5. The van der Waals surface area contributed by atoms with Gasteiger partial charge in [-0.25, -0.2) is 0 Å². The van der Waals surface area contributed by atoms with E-state index in [2.05, 4.69) is 30.4 Å². The van der Waals surface area contributed by atoms with E-state index < -0.39 is 0 Å². The summed E-state index contributed by atoms with van der Waals surface area (Å²) < 4.78 is 0. The summed E-state index contributed by atoms with van der Waals surface area (Å²) in [5, 5.41) is 13.5. The number of carbonyl (C=O) groups excluding carboxylic acids is 1. The summed E-state index contributed by atoms with van der Waals surface area (Å²) in [4.78, 5) is 12.0. The molecule has 22 heavy (non-hydrogen) atoms. The lowest BCUT2D eigenvalue weighted by molar-refractivity contribution is -0.682. The number of nitriles is 1. The van der Waals surface area contributed by atoms with Crippen molar-refractivity contribution in [2.24, 2.45) is 0 Å². The molecule has 2 rings (SSSR count). The third-order valence-electron chi connectivity index (χ3n) is 3.50. The van der Waals surface area contributed by atoms with Crippen molar-refractivity contribution in [2.75, 3.05) is 11.9 Å². The number of carbonyl (C=O) groups is 1. The van der Waals surface area contributed by atoms with E-state index in [-0.39, 0.29) is 11.9 Å². The van der Waals surface area contributed by atoms with Crippen molar-refractivity contribution in [3.05, 3.63) is 65.7 Å². The van der Waals surface area contributed by atoms with Gasteiger partial charge < -0.3 is 10.6 Å². The summed E-state index contributed by atoms with van der Waals surface area (Å²) in [6.45, 7) is 2.45. The first kappa shape index (κ1) is 15.7. The van der Waals surface area contributed by atoms with Crippen LogP contribution in [0.3, 0.4) is 0 Å². The Morgan fingerprint density at radius 2 is 1.86 bits per heavy atom. The predicted molar refractivity (Wildman–Crippen MR) is 86.0 cm³/mol. The first-order valence-corrected chi connectivity index (χ1v) is 7.33. The van der Waals surface area contributed by atoms with Crippen LogP contribution in [0.2, 0.25) is 0 Å².